The zero-order chi connectivity index (χ0) is 23.4. The van der Waals surface area contributed by atoms with Crippen LogP contribution in [0.5, 0.6) is 11.5 Å². The van der Waals surface area contributed by atoms with E-state index >= 15 is 0 Å². The summed E-state index contributed by atoms with van der Waals surface area (Å²) < 4.78 is 12.2. The van der Waals surface area contributed by atoms with Crippen LogP contribution in [-0.4, -0.2) is 40.6 Å². The number of benzene rings is 1. The molecule has 3 fully saturated rings. The van der Waals surface area contributed by atoms with Crippen LogP contribution in [0.4, 0.5) is 10.5 Å². The van der Waals surface area contributed by atoms with Crippen LogP contribution in [0.3, 0.4) is 0 Å². The van der Waals surface area contributed by atoms with Gasteiger partial charge in [-0.25, -0.2) is 4.79 Å². The molecule has 2 N–H and O–H groups in total. The zero-order valence-corrected chi connectivity index (χ0v) is 19.7. The second kappa shape index (κ2) is 7.64. The molecule has 2 unspecified atom stereocenters. The summed E-state index contributed by atoms with van der Waals surface area (Å²) in [4.78, 5) is 39.7. The zero-order valence-electron chi connectivity index (χ0n) is 19.7. The maximum Gasteiger partial charge on any atom is 0.325 e. The van der Waals surface area contributed by atoms with Gasteiger partial charge in [-0.1, -0.05) is 27.2 Å². The Kier molecular flexibility index (Phi) is 5.10. The minimum absolute atomic E-state index is 0.0545. The Morgan fingerprint density at radius 2 is 1.85 bits per heavy atom. The summed E-state index contributed by atoms with van der Waals surface area (Å²) in [5.74, 6) is 0.301. The van der Waals surface area contributed by atoms with Gasteiger partial charge in [0.25, 0.3) is 11.7 Å². The van der Waals surface area contributed by atoms with Gasteiger partial charge in [0.1, 0.15) is 12.1 Å². The molecule has 2 heterocycles. The first-order valence-corrected chi connectivity index (χ1v) is 12.0. The third-order valence-electron chi connectivity index (χ3n) is 7.36. The molecule has 1 aromatic rings. The predicted molar refractivity (Wildman–Crippen MR) is 122 cm³/mol. The Labute approximate surface area is 194 Å². The predicted octanol–water partition coefficient (Wildman–Crippen LogP) is 4.19. The van der Waals surface area contributed by atoms with E-state index in [9.17, 15) is 14.4 Å². The van der Waals surface area contributed by atoms with E-state index in [1.165, 1.54) is 6.42 Å². The summed E-state index contributed by atoms with van der Waals surface area (Å²) in [6.07, 6.45) is 7.22. The highest BCUT2D eigenvalue weighted by atomic mass is 16.7. The number of amides is 4. The SMILES string of the molecule is CC1CC(C)(C)CC2(C1)NC(=O)N(CC(=O)Nc1ccc3c(c1)OC1(CCCCC1)O3)C2=O. The number of carbonyl (C=O) groups excluding carboxylic acids is 3. The molecule has 4 amide bonds. The summed E-state index contributed by atoms with van der Waals surface area (Å²) in [6, 6.07) is 4.79. The standard InChI is InChI=1S/C25H33N3O5/c1-16-12-23(2,3)15-24(13-16)21(30)28(22(31)27-24)14-20(29)26-17-7-8-18-19(11-17)33-25(32-18)9-5-4-6-10-25/h7-8,11,16H,4-6,9-10,12-15H2,1-3H3,(H,26,29)(H,27,31). The van der Waals surface area contributed by atoms with Crippen molar-refractivity contribution in [3.05, 3.63) is 18.2 Å². The van der Waals surface area contributed by atoms with Gasteiger partial charge in [-0.3, -0.25) is 14.5 Å². The van der Waals surface area contributed by atoms with E-state index in [-0.39, 0.29) is 17.9 Å². The van der Waals surface area contributed by atoms with Gasteiger partial charge < -0.3 is 20.1 Å². The molecular weight excluding hydrogens is 422 g/mol. The lowest BCUT2D eigenvalue weighted by Crippen LogP contribution is -2.54. The molecule has 2 saturated carbocycles. The van der Waals surface area contributed by atoms with Crippen LogP contribution in [-0.2, 0) is 9.59 Å². The van der Waals surface area contributed by atoms with Gasteiger partial charge in [0.05, 0.1) is 0 Å². The molecule has 2 atom stereocenters. The molecule has 1 saturated heterocycles. The van der Waals surface area contributed by atoms with Gasteiger partial charge >= 0.3 is 6.03 Å². The number of hydrogen-bond donors (Lipinski definition) is 2. The van der Waals surface area contributed by atoms with Crippen molar-refractivity contribution in [2.45, 2.75) is 83.5 Å². The summed E-state index contributed by atoms with van der Waals surface area (Å²) in [6.45, 7) is 6.03. The molecule has 2 aliphatic heterocycles. The molecule has 5 rings (SSSR count). The largest absolute Gasteiger partial charge is 0.448 e. The fourth-order valence-electron chi connectivity index (χ4n) is 6.46. The Hall–Kier alpha value is -2.77. The first-order valence-electron chi connectivity index (χ1n) is 12.0. The number of fused-ring (bicyclic) bond motifs is 1. The van der Waals surface area contributed by atoms with Crippen molar-refractivity contribution in [1.29, 1.82) is 0 Å². The highest BCUT2D eigenvalue weighted by Crippen LogP contribution is 2.47. The van der Waals surface area contributed by atoms with Gasteiger partial charge in [0, 0.05) is 24.6 Å². The van der Waals surface area contributed by atoms with Gasteiger partial charge in [-0.05, 0) is 55.6 Å². The van der Waals surface area contributed by atoms with E-state index in [4.69, 9.17) is 9.47 Å². The average molecular weight is 456 g/mol. The van der Waals surface area contributed by atoms with Gasteiger partial charge in [-0.2, -0.15) is 0 Å². The summed E-state index contributed by atoms with van der Waals surface area (Å²) in [5.41, 5.74) is -0.420. The van der Waals surface area contributed by atoms with Crippen LogP contribution < -0.4 is 20.1 Å². The molecule has 1 aromatic carbocycles. The second-order valence-corrected chi connectivity index (χ2v) is 11.1. The smallest absolute Gasteiger partial charge is 0.325 e. The molecule has 8 heteroatoms. The molecule has 178 valence electrons. The summed E-state index contributed by atoms with van der Waals surface area (Å²) in [7, 11) is 0. The van der Waals surface area contributed by atoms with Crippen molar-refractivity contribution in [3.63, 3.8) is 0 Å². The van der Waals surface area contributed by atoms with Crippen LogP contribution in [0.2, 0.25) is 0 Å². The number of nitrogens with zero attached hydrogens (tertiary/aromatic N) is 1. The lowest BCUT2D eigenvalue weighted by Gasteiger charge is -2.43. The van der Waals surface area contributed by atoms with Gasteiger partial charge in [0.15, 0.2) is 11.5 Å². The molecular formula is C25H33N3O5. The molecule has 4 aliphatic rings. The van der Waals surface area contributed by atoms with Crippen molar-refractivity contribution in [2.24, 2.45) is 11.3 Å². The minimum atomic E-state index is -0.911. The molecule has 0 radical (unpaired) electrons. The maximum absolute atomic E-state index is 13.3. The highest BCUT2D eigenvalue weighted by Gasteiger charge is 2.56. The number of hydrogen-bond acceptors (Lipinski definition) is 5. The van der Waals surface area contributed by atoms with E-state index in [0.717, 1.165) is 37.0 Å². The number of imide groups is 1. The van der Waals surface area contributed by atoms with Crippen molar-refractivity contribution in [3.8, 4) is 11.5 Å². The van der Waals surface area contributed by atoms with Crippen LogP contribution in [0.1, 0.15) is 72.1 Å². The van der Waals surface area contributed by atoms with E-state index in [1.54, 1.807) is 18.2 Å². The van der Waals surface area contributed by atoms with E-state index < -0.39 is 23.3 Å². The molecule has 0 aromatic heterocycles. The van der Waals surface area contributed by atoms with Gasteiger partial charge in [-0.15, -0.1) is 0 Å². The van der Waals surface area contributed by atoms with Crippen molar-refractivity contribution >= 4 is 23.5 Å². The lowest BCUT2D eigenvalue weighted by molar-refractivity contribution is -0.136. The molecule has 2 spiro atoms. The maximum atomic E-state index is 13.3. The Morgan fingerprint density at radius 3 is 2.58 bits per heavy atom. The van der Waals surface area contributed by atoms with Crippen LogP contribution in [0.15, 0.2) is 18.2 Å². The molecule has 8 nitrogen and oxygen atoms in total. The number of ether oxygens (including phenoxy) is 2. The first kappa shape index (κ1) is 22.0. The van der Waals surface area contributed by atoms with Crippen molar-refractivity contribution in [2.75, 3.05) is 11.9 Å². The average Bonchev–Trinajstić information content (AvgIpc) is 3.16. The summed E-state index contributed by atoms with van der Waals surface area (Å²) >= 11 is 0. The highest BCUT2D eigenvalue weighted by molar-refractivity contribution is 6.10. The fourth-order valence-corrected chi connectivity index (χ4v) is 6.46. The normalized spacial score (nSPS) is 29.4. The first-order chi connectivity index (χ1) is 15.6. The van der Waals surface area contributed by atoms with Crippen LogP contribution in [0, 0.1) is 11.3 Å². The van der Waals surface area contributed by atoms with E-state index in [1.807, 2.05) is 0 Å². The van der Waals surface area contributed by atoms with E-state index in [2.05, 4.69) is 31.4 Å². The third kappa shape index (κ3) is 4.04. The summed E-state index contributed by atoms with van der Waals surface area (Å²) in [5, 5.41) is 5.71. The quantitative estimate of drug-likeness (QED) is 0.666. The fraction of sp³-hybridized carbons (Fsp3) is 0.640. The number of urea groups is 1. The second-order valence-electron chi connectivity index (χ2n) is 11.1. The van der Waals surface area contributed by atoms with Crippen molar-refractivity contribution < 1.29 is 23.9 Å². The third-order valence-corrected chi connectivity index (χ3v) is 7.36. The molecule has 2 aliphatic carbocycles. The number of anilines is 1. The lowest BCUT2D eigenvalue weighted by atomic mass is 9.64. The Bertz CT molecular complexity index is 1000. The number of nitrogens with one attached hydrogen (secondary N) is 2. The number of rotatable bonds is 3. The Morgan fingerprint density at radius 1 is 1.12 bits per heavy atom. The van der Waals surface area contributed by atoms with Gasteiger partial charge in [0.2, 0.25) is 5.91 Å². The van der Waals surface area contributed by atoms with Crippen molar-refractivity contribution in [1.82, 2.24) is 10.2 Å². The van der Waals surface area contributed by atoms with Crippen LogP contribution in [0.25, 0.3) is 0 Å². The minimum Gasteiger partial charge on any atom is -0.448 e. The molecule has 33 heavy (non-hydrogen) atoms. The van der Waals surface area contributed by atoms with Crippen LogP contribution >= 0.6 is 0 Å². The van der Waals surface area contributed by atoms with E-state index in [0.29, 0.717) is 35.9 Å². The topological polar surface area (TPSA) is 97.0 Å². The number of carbonyl (C=O) groups is 3. The molecule has 0 bridgehead atoms. The Balaban J connectivity index is 1.25. The monoisotopic (exact) mass is 455 g/mol.